The van der Waals surface area contributed by atoms with Gasteiger partial charge in [-0.15, -0.1) is 0 Å². The summed E-state index contributed by atoms with van der Waals surface area (Å²) >= 11 is 1.13. The van der Waals surface area contributed by atoms with Crippen LogP contribution in [0.4, 0.5) is 4.79 Å². The third-order valence-corrected chi connectivity index (χ3v) is 5.38. The van der Waals surface area contributed by atoms with Crippen LogP contribution in [0.2, 0.25) is 0 Å². The van der Waals surface area contributed by atoms with Crippen LogP contribution in [0.15, 0.2) is 58.5 Å². The van der Waals surface area contributed by atoms with Crippen molar-refractivity contribution in [2.45, 2.75) is 31.2 Å². The Morgan fingerprint density at radius 2 is 1.83 bits per heavy atom. The number of rotatable bonds is 5. The molecule has 0 unspecified atom stereocenters. The summed E-state index contributed by atoms with van der Waals surface area (Å²) in [5.41, 5.74) is 1.97. The van der Waals surface area contributed by atoms with Crippen molar-refractivity contribution in [3.8, 4) is 5.69 Å². The number of para-hydroxylation sites is 2. The first-order valence-electron chi connectivity index (χ1n) is 9.25. The summed E-state index contributed by atoms with van der Waals surface area (Å²) in [6.45, 7) is 5.77. The Kier molecular flexibility index (Phi) is 6.33. The molecule has 0 saturated carbocycles. The Morgan fingerprint density at radius 1 is 1.14 bits per heavy atom. The van der Waals surface area contributed by atoms with E-state index in [0.29, 0.717) is 28.3 Å². The van der Waals surface area contributed by atoms with Crippen molar-refractivity contribution in [3.05, 3.63) is 64.4 Å². The number of thioether (sulfide) groups is 1. The van der Waals surface area contributed by atoms with Crippen LogP contribution >= 0.6 is 11.8 Å². The topological polar surface area (TPSA) is 93.1 Å². The number of aromatic nitrogens is 2. The van der Waals surface area contributed by atoms with Crippen LogP contribution in [0.3, 0.4) is 0 Å². The second kappa shape index (κ2) is 8.91. The third-order valence-electron chi connectivity index (χ3n) is 4.33. The number of carbonyl (C=O) groups excluding carboxylic acids is 2. The number of aryl methyl sites for hydroxylation is 1. The van der Waals surface area contributed by atoms with Gasteiger partial charge < -0.3 is 5.32 Å². The molecule has 2 N–H and O–H groups in total. The molecule has 8 heteroatoms. The van der Waals surface area contributed by atoms with Crippen LogP contribution in [0.1, 0.15) is 19.4 Å². The minimum atomic E-state index is -0.638. The maximum Gasteiger partial charge on any atom is 0.321 e. The Bertz CT molecular complexity index is 1130. The molecule has 0 spiro atoms. The molecule has 0 aliphatic carbocycles. The van der Waals surface area contributed by atoms with Crippen molar-refractivity contribution < 1.29 is 9.59 Å². The van der Waals surface area contributed by atoms with Crippen LogP contribution in [0.25, 0.3) is 16.6 Å². The Hall–Kier alpha value is -3.13. The molecule has 0 aliphatic rings. The van der Waals surface area contributed by atoms with Gasteiger partial charge >= 0.3 is 6.03 Å². The summed E-state index contributed by atoms with van der Waals surface area (Å²) in [6.07, 6.45) is 0. The van der Waals surface area contributed by atoms with Crippen LogP contribution < -0.4 is 16.2 Å². The summed E-state index contributed by atoms with van der Waals surface area (Å²) in [7, 11) is 0. The van der Waals surface area contributed by atoms with Gasteiger partial charge in [0, 0.05) is 6.54 Å². The highest BCUT2D eigenvalue weighted by atomic mass is 32.2. The van der Waals surface area contributed by atoms with E-state index >= 15 is 0 Å². The van der Waals surface area contributed by atoms with E-state index in [1.54, 1.807) is 32.0 Å². The van der Waals surface area contributed by atoms with Crippen LogP contribution in [0.5, 0.6) is 0 Å². The quantitative estimate of drug-likeness (QED) is 0.498. The summed E-state index contributed by atoms with van der Waals surface area (Å²) in [5.74, 6) is -0.459. The average Bonchev–Trinajstić information content (AvgIpc) is 2.69. The van der Waals surface area contributed by atoms with Gasteiger partial charge in [0.25, 0.3) is 5.56 Å². The summed E-state index contributed by atoms with van der Waals surface area (Å²) in [6, 6.07) is 14.1. The van der Waals surface area contributed by atoms with E-state index in [4.69, 9.17) is 0 Å². The Labute approximate surface area is 172 Å². The van der Waals surface area contributed by atoms with E-state index < -0.39 is 17.2 Å². The molecule has 1 heterocycles. The molecule has 0 radical (unpaired) electrons. The normalized spacial score (nSPS) is 11.8. The van der Waals surface area contributed by atoms with E-state index in [0.717, 1.165) is 17.3 Å². The summed E-state index contributed by atoms with van der Waals surface area (Å²) < 4.78 is 1.53. The molecular formula is C21H22N4O3S. The minimum absolute atomic E-state index is 0.205. The van der Waals surface area contributed by atoms with E-state index in [1.807, 2.05) is 37.3 Å². The molecule has 7 nitrogen and oxygen atoms in total. The average molecular weight is 410 g/mol. The predicted octanol–water partition coefficient (Wildman–Crippen LogP) is 3.02. The lowest BCUT2D eigenvalue weighted by molar-refractivity contribution is -0.119. The van der Waals surface area contributed by atoms with Crippen molar-refractivity contribution in [1.29, 1.82) is 0 Å². The maximum absolute atomic E-state index is 13.3. The highest BCUT2D eigenvalue weighted by Crippen LogP contribution is 2.26. The molecular weight excluding hydrogens is 388 g/mol. The lowest BCUT2D eigenvalue weighted by Gasteiger charge is -2.17. The van der Waals surface area contributed by atoms with Crippen LogP contribution in [-0.4, -0.2) is 33.3 Å². The minimum Gasteiger partial charge on any atom is -0.338 e. The molecule has 0 bridgehead atoms. The van der Waals surface area contributed by atoms with Crippen LogP contribution in [-0.2, 0) is 4.79 Å². The fourth-order valence-corrected chi connectivity index (χ4v) is 3.77. The highest BCUT2D eigenvalue weighted by molar-refractivity contribution is 8.00. The summed E-state index contributed by atoms with van der Waals surface area (Å²) in [4.78, 5) is 41.9. The van der Waals surface area contributed by atoms with Crippen molar-refractivity contribution in [2.75, 3.05) is 6.54 Å². The van der Waals surface area contributed by atoms with Crippen molar-refractivity contribution in [3.63, 3.8) is 0 Å². The van der Waals surface area contributed by atoms with Crippen molar-refractivity contribution in [2.24, 2.45) is 0 Å². The monoisotopic (exact) mass is 410 g/mol. The number of hydrogen-bond acceptors (Lipinski definition) is 5. The van der Waals surface area contributed by atoms with Gasteiger partial charge in [0.1, 0.15) is 0 Å². The first-order chi connectivity index (χ1) is 13.9. The number of urea groups is 1. The standard InChI is InChI=1S/C21H22N4O3S/c1-4-22-20(28)24-18(26)14(3)29-21-23-16-11-7-6-10-15(16)19(27)25(21)17-12-8-5-9-13(17)2/h5-12,14H,4H2,1-3H3,(H2,22,24,26,28)/t14-/m0/s1. The third kappa shape index (κ3) is 4.48. The molecule has 3 amide bonds. The highest BCUT2D eigenvalue weighted by Gasteiger charge is 2.22. The van der Waals surface area contributed by atoms with Gasteiger partial charge in [-0.3, -0.25) is 19.5 Å². The number of benzene rings is 2. The number of nitrogens with one attached hydrogen (secondary N) is 2. The smallest absolute Gasteiger partial charge is 0.321 e. The number of nitrogens with zero attached hydrogens (tertiary/aromatic N) is 2. The Morgan fingerprint density at radius 3 is 2.55 bits per heavy atom. The molecule has 0 saturated heterocycles. The van der Waals surface area contributed by atoms with Gasteiger partial charge in [0.15, 0.2) is 5.16 Å². The van der Waals surface area contributed by atoms with Gasteiger partial charge in [-0.1, -0.05) is 42.1 Å². The largest absolute Gasteiger partial charge is 0.338 e. The lowest BCUT2D eigenvalue weighted by Crippen LogP contribution is -2.42. The molecule has 0 aliphatic heterocycles. The van der Waals surface area contributed by atoms with Gasteiger partial charge in [0.05, 0.1) is 21.8 Å². The fraction of sp³-hybridized carbons (Fsp3) is 0.238. The lowest BCUT2D eigenvalue weighted by atomic mass is 10.2. The van der Waals surface area contributed by atoms with E-state index in [9.17, 15) is 14.4 Å². The first-order valence-corrected chi connectivity index (χ1v) is 10.1. The predicted molar refractivity (Wildman–Crippen MR) is 115 cm³/mol. The van der Waals surface area contributed by atoms with E-state index in [1.165, 1.54) is 4.57 Å². The van der Waals surface area contributed by atoms with Gasteiger partial charge in [0.2, 0.25) is 5.91 Å². The number of fused-ring (bicyclic) bond motifs is 1. The molecule has 1 atom stereocenters. The van der Waals surface area contributed by atoms with E-state index in [-0.39, 0.29) is 5.56 Å². The van der Waals surface area contributed by atoms with E-state index in [2.05, 4.69) is 15.6 Å². The molecule has 3 aromatic rings. The number of hydrogen-bond donors (Lipinski definition) is 2. The molecule has 1 aromatic heterocycles. The number of carbonyl (C=O) groups is 2. The fourth-order valence-electron chi connectivity index (χ4n) is 2.85. The molecule has 29 heavy (non-hydrogen) atoms. The molecule has 3 rings (SSSR count). The number of imide groups is 1. The van der Waals surface area contributed by atoms with Crippen LogP contribution in [0, 0.1) is 6.92 Å². The second-order valence-corrected chi connectivity index (χ2v) is 7.76. The zero-order valence-corrected chi connectivity index (χ0v) is 17.2. The van der Waals surface area contributed by atoms with Gasteiger partial charge in [-0.05, 0) is 44.5 Å². The van der Waals surface area contributed by atoms with Crippen molar-refractivity contribution in [1.82, 2.24) is 20.2 Å². The second-order valence-electron chi connectivity index (χ2n) is 6.45. The van der Waals surface area contributed by atoms with Gasteiger partial charge in [-0.25, -0.2) is 9.78 Å². The zero-order chi connectivity index (χ0) is 21.0. The molecule has 2 aromatic carbocycles. The summed E-state index contributed by atoms with van der Waals surface area (Å²) in [5, 5.41) is 5.07. The SMILES string of the molecule is CCNC(=O)NC(=O)[C@H](C)Sc1nc2ccccc2c(=O)n1-c1ccccc1C. The van der Waals surface area contributed by atoms with Gasteiger partial charge in [-0.2, -0.15) is 0 Å². The molecule has 150 valence electrons. The Balaban J connectivity index is 2.06. The molecule has 0 fully saturated rings. The van der Waals surface area contributed by atoms with Crippen molar-refractivity contribution >= 4 is 34.6 Å². The number of amides is 3. The maximum atomic E-state index is 13.3. The first kappa shape index (κ1) is 20.6. The zero-order valence-electron chi connectivity index (χ0n) is 16.4.